The Morgan fingerprint density at radius 1 is 1.82 bits per heavy atom. The average Bonchev–Trinajstić information content (AvgIpc) is 2.82. The molecule has 1 fully saturated rings. The van der Waals surface area contributed by atoms with Gasteiger partial charge in [-0.2, -0.15) is 10.5 Å². The van der Waals surface area contributed by atoms with E-state index >= 15 is 0 Å². The fourth-order valence-corrected chi connectivity index (χ4v) is 2.42. The Morgan fingerprint density at radius 3 is 2.73 bits per heavy atom. The summed E-state index contributed by atoms with van der Waals surface area (Å²) < 4.78 is 0. The van der Waals surface area contributed by atoms with Crippen LogP contribution in [0.5, 0.6) is 0 Å². The highest BCUT2D eigenvalue weighted by Gasteiger charge is 2.16. The summed E-state index contributed by atoms with van der Waals surface area (Å²) in [6.07, 6.45) is 1.23. The van der Waals surface area contributed by atoms with Gasteiger partial charge >= 0.3 is 0 Å². The first-order valence-electron chi connectivity index (χ1n) is 4.13. The van der Waals surface area contributed by atoms with Gasteiger partial charge in [-0.3, -0.25) is 0 Å². The lowest BCUT2D eigenvalue weighted by molar-refractivity contribution is 0.907. The van der Waals surface area contributed by atoms with E-state index in [0.29, 0.717) is 0 Å². The van der Waals surface area contributed by atoms with Gasteiger partial charge in [-0.15, -0.1) is 0 Å². The molecule has 0 radical (unpaired) electrons. The third-order valence-electron chi connectivity index (χ3n) is 2.23. The number of nitrogens with one attached hydrogen (secondary N) is 1. The predicted molar refractivity (Wildman–Crippen MR) is 55.2 cm³/mol. The van der Waals surface area contributed by atoms with Crippen LogP contribution in [0.25, 0.3) is 0 Å². The zero-order valence-electron chi connectivity index (χ0n) is 7.61. The topological polar surface area (TPSA) is 21.9 Å². The second-order valence-electron chi connectivity index (χ2n) is 3.04. The zero-order valence-corrected chi connectivity index (χ0v) is 8.42. The Kier molecular flexibility index (Phi) is 2.77. The standard InChI is InChI=1S/C9H17NS/c1-5-7(2)11(4)8(3)9-6-10-9/h7,10H,4-6H2,1-3H3/b9-8+. The molecule has 0 spiro atoms. The molecule has 64 valence electrons. The minimum atomic E-state index is 0.240. The highest BCUT2D eigenvalue weighted by atomic mass is 32.2. The number of hydrogen-bond donors (Lipinski definition) is 1. The summed E-state index contributed by atoms with van der Waals surface area (Å²) in [4.78, 5) is 1.49. The lowest BCUT2D eigenvalue weighted by Gasteiger charge is -2.13. The van der Waals surface area contributed by atoms with E-state index in [0.717, 1.165) is 11.8 Å². The molecule has 11 heavy (non-hydrogen) atoms. The molecule has 0 aromatic rings. The third-order valence-corrected chi connectivity index (χ3v) is 4.57. The summed E-state index contributed by atoms with van der Waals surface area (Å²) in [7, 11) is 0.240. The van der Waals surface area contributed by atoms with Crippen molar-refractivity contribution >= 4 is 16.4 Å². The van der Waals surface area contributed by atoms with Gasteiger partial charge in [0.1, 0.15) is 0 Å². The number of allylic oxidation sites excluding steroid dienone is 1. The smallest absolute Gasteiger partial charge is 0.0553 e. The van der Waals surface area contributed by atoms with E-state index in [1.54, 1.807) is 0 Å². The van der Waals surface area contributed by atoms with E-state index in [2.05, 4.69) is 32.0 Å². The molecule has 0 aliphatic carbocycles. The van der Waals surface area contributed by atoms with Gasteiger partial charge in [0.15, 0.2) is 0 Å². The summed E-state index contributed by atoms with van der Waals surface area (Å²) in [5.74, 6) is 4.20. The van der Waals surface area contributed by atoms with E-state index in [1.807, 2.05) is 0 Å². The molecule has 1 nitrogen and oxygen atoms in total. The molecule has 0 saturated carbocycles. The Bertz CT molecular complexity index is 200. The Hall–Kier alpha value is -0.240. The maximum atomic E-state index is 4.20. The van der Waals surface area contributed by atoms with Crippen LogP contribution in [-0.2, 0) is 0 Å². The molecule has 1 saturated heterocycles. The first kappa shape index (κ1) is 8.85. The van der Waals surface area contributed by atoms with E-state index in [4.69, 9.17) is 0 Å². The van der Waals surface area contributed by atoms with Crippen molar-refractivity contribution in [3.8, 4) is 0 Å². The maximum absolute atomic E-state index is 4.20. The van der Waals surface area contributed by atoms with Gasteiger partial charge in [0.05, 0.1) is 6.54 Å². The van der Waals surface area contributed by atoms with Crippen molar-refractivity contribution in [3.05, 3.63) is 10.6 Å². The summed E-state index contributed by atoms with van der Waals surface area (Å²) in [5.41, 5.74) is 1.43. The van der Waals surface area contributed by atoms with Gasteiger partial charge in [0.25, 0.3) is 0 Å². The van der Waals surface area contributed by atoms with Crippen molar-refractivity contribution in [1.29, 1.82) is 0 Å². The minimum Gasteiger partial charge on any atom is -0.381 e. The van der Waals surface area contributed by atoms with Crippen LogP contribution >= 0.6 is 10.5 Å². The van der Waals surface area contributed by atoms with Gasteiger partial charge in [-0.05, 0) is 18.2 Å². The van der Waals surface area contributed by atoms with Crippen LogP contribution in [0.1, 0.15) is 27.2 Å². The molecule has 2 atom stereocenters. The Balaban J connectivity index is 2.60. The van der Waals surface area contributed by atoms with Crippen molar-refractivity contribution in [1.82, 2.24) is 5.32 Å². The van der Waals surface area contributed by atoms with Crippen LogP contribution < -0.4 is 5.32 Å². The number of rotatable bonds is 3. The highest BCUT2D eigenvalue weighted by molar-refractivity contribution is 8.18. The summed E-state index contributed by atoms with van der Waals surface area (Å²) in [6, 6.07) is 0. The van der Waals surface area contributed by atoms with Crippen molar-refractivity contribution in [2.24, 2.45) is 0 Å². The monoisotopic (exact) mass is 171 g/mol. The maximum Gasteiger partial charge on any atom is 0.0553 e. The van der Waals surface area contributed by atoms with Crippen LogP contribution in [0, 0.1) is 0 Å². The molecule has 2 heteroatoms. The molecule has 0 amide bonds. The summed E-state index contributed by atoms with van der Waals surface area (Å²) in [6.45, 7) is 7.82. The molecule has 0 bridgehead atoms. The largest absolute Gasteiger partial charge is 0.381 e. The van der Waals surface area contributed by atoms with Crippen LogP contribution in [0.15, 0.2) is 10.6 Å². The fourth-order valence-electron chi connectivity index (χ4n) is 0.954. The molecule has 1 rings (SSSR count). The quantitative estimate of drug-likeness (QED) is 0.511. The Morgan fingerprint density at radius 2 is 2.36 bits per heavy atom. The molecule has 1 N–H and O–H groups in total. The van der Waals surface area contributed by atoms with Crippen molar-refractivity contribution in [3.63, 3.8) is 0 Å². The van der Waals surface area contributed by atoms with Gasteiger partial charge in [-0.1, -0.05) is 19.7 Å². The zero-order chi connectivity index (χ0) is 8.43. The molecular weight excluding hydrogens is 154 g/mol. The van der Waals surface area contributed by atoms with Crippen molar-refractivity contribution in [2.45, 2.75) is 32.4 Å². The van der Waals surface area contributed by atoms with Crippen LogP contribution in [0.3, 0.4) is 0 Å². The first-order chi connectivity index (χ1) is 5.16. The van der Waals surface area contributed by atoms with Gasteiger partial charge < -0.3 is 5.32 Å². The van der Waals surface area contributed by atoms with Gasteiger partial charge in [0.2, 0.25) is 0 Å². The predicted octanol–water partition coefficient (Wildman–Crippen LogP) is 2.32. The first-order valence-corrected chi connectivity index (χ1v) is 5.59. The number of hydrogen-bond acceptors (Lipinski definition) is 1. The van der Waals surface area contributed by atoms with Crippen LogP contribution in [0.2, 0.25) is 0 Å². The van der Waals surface area contributed by atoms with Crippen LogP contribution in [0.4, 0.5) is 0 Å². The van der Waals surface area contributed by atoms with E-state index < -0.39 is 0 Å². The third kappa shape index (κ3) is 2.09. The van der Waals surface area contributed by atoms with Crippen molar-refractivity contribution < 1.29 is 0 Å². The molecule has 1 heterocycles. The SMILES string of the molecule is C=S(/C(C)=C1\CN1)C(C)CC. The molecular formula is C9H17NS. The molecule has 1 aliphatic rings. The normalized spacial score (nSPS) is 25.4. The lowest BCUT2D eigenvalue weighted by atomic mass is 10.4. The Labute approximate surface area is 71.8 Å². The van der Waals surface area contributed by atoms with Crippen molar-refractivity contribution in [2.75, 3.05) is 6.54 Å². The van der Waals surface area contributed by atoms with Gasteiger partial charge in [-0.25, -0.2) is 0 Å². The molecule has 1 aliphatic heterocycles. The summed E-state index contributed by atoms with van der Waals surface area (Å²) >= 11 is 0. The summed E-state index contributed by atoms with van der Waals surface area (Å²) in [5, 5.41) is 3.98. The second kappa shape index (κ2) is 3.44. The van der Waals surface area contributed by atoms with Crippen LogP contribution in [-0.4, -0.2) is 17.7 Å². The lowest BCUT2D eigenvalue weighted by Crippen LogP contribution is -1.96. The highest BCUT2D eigenvalue weighted by Crippen LogP contribution is 2.33. The average molecular weight is 171 g/mol. The van der Waals surface area contributed by atoms with Gasteiger partial charge in [0, 0.05) is 10.9 Å². The van der Waals surface area contributed by atoms with E-state index in [1.165, 1.54) is 17.0 Å². The fraction of sp³-hybridized carbons (Fsp3) is 0.667. The van der Waals surface area contributed by atoms with E-state index in [-0.39, 0.29) is 10.5 Å². The second-order valence-corrected chi connectivity index (χ2v) is 5.31. The minimum absolute atomic E-state index is 0.240. The molecule has 0 aromatic carbocycles. The molecule has 2 unspecified atom stereocenters. The van der Waals surface area contributed by atoms with E-state index in [9.17, 15) is 0 Å². The molecule has 0 aromatic heterocycles.